The molecule has 0 bridgehead atoms. The quantitative estimate of drug-likeness (QED) is 0.224. The molecule has 0 saturated carbocycles. The lowest BCUT2D eigenvalue weighted by atomic mass is 9.85. The normalized spacial score (nSPS) is 15.3. The minimum absolute atomic E-state index is 0.792. The van der Waals surface area contributed by atoms with Crippen molar-refractivity contribution in [3.05, 3.63) is 75.8 Å². The first-order valence-corrected chi connectivity index (χ1v) is 13.2. The second-order valence-electron chi connectivity index (χ2n) is 10.8. The van der Waals surface area contributed by atoms with E-state index in [1.165, 1.54) is 54.7 Å². The molecule has 4 aromatic carbocycles. The van der Waals surface area contributed by atoms with Gasteiger partial charge >= 0.3 is 0 Å². The highest BCUT2D eigenvalue weighted by Gasteiger charge is 2.30. The lowest BCUT2D eigenvalue weighted by Gasteiger charge is -2.18. The Morgan fingerprint density at radius 2 is 1.27 bits per heavy atom. The van der Waals surface area contributed by atoms with E-state index in [1.54, 1.807) is 0 Å². The number of benzene rings is 4. The molecule has 0 atom stereocenters. The van der Waals surface area contributed by atoms with Crippen molar-refractivity contribution in [1.29, 1.82) is 10.5 Å². The van der Waals surface area contributed by atoms with E-state index in [0.717, 1.165) is 83.7 Å². The molecule has 0 saturated heterocycles. The molecule has 0 radical (unpaired) electrons. The average Bonchev–Trinajstić information content (AvgIpc) is 3.70. The Bertz CT molecular complexity index is 2250. The lowest BCUT2D eigenvalue weighted by Crippen LogP contribution is -2.06. The van der Waals surface area contributed by atoms with Gasteiger partial charge in [0.05, 0.1) is 39.8 Å². The first kappa shape index (κ1) is 19.6. The van der Waals surface area contributed by atoms with E-state index in [1.807, 2.05) is 6.07 Å². The highest BCUT2D eigenvalue weighted by atomic mass is 16.3. The molecule has 7 aromatic rings. The van der Waals surface area contributed by atoms with Crippen LogP contribution in [0.2, 0.25) is 0 Å². The van der Waals surface area contributed by atoms with Crippen LogP contribution in [0, 0.1) is 22.7 Å². The predicted octanol–water partition coefficient (Wildman–Crippen LogP) is 7.85. The minimum atomic E-state index is 0.792. The van der Waals surface area contributed by atoms with Gasteiger partial charge in [0.1, 0.15) is 11.2 Å². The SMILES string of the molecule is N#Cc1cc2c(c3c1CCCC3)c1cc3oc4ccccc4c3c3c4c5c(c(C#N)cc4n2c13)CCC5. The van der Waals surface area contributed by atoms with Crippen LogP contribution >= 0.6 is 0 Å². The number of aryl methyl sites for hydroxylation is 2. The third-order valence-corrected chi connectivity index (χ3v) is 9.12. The number of hydrogen-bond donors (Lipinski definition) is 0. The first-order chi connectivity index (χ1) is 18.3. The Labute approximate surface area is 212 Å². The average molecular weight is 476 g/mol. The summed E-state index contributed by atoms with van der Waals surface area (Å²) >= 11 is 0. The van der Waals surface area contributed by atoms with Crippen molar-refractivity contribution in [3.63, 3.8) is 0 Å². The van der Waals surface area contributed by atoms with Crippen molar-refractivity contribution in [1.82, 2.24) is 4.40 Å². The van der Waals surface area contributed by atoms with Crippen LogP contribution in [0.3, 0.4) is 0 Å². The fourth-order valence-electron chi connectivity index (χ4n) is 7.74. The summed E-state index contributed by atoms with van der Waals surface area (Å²) in [6, 6.07) is 19.8. The van der Waals surface area contributed by atoms with Crippen molar-refractivity contribution in [2.24, 2.45) is 0 Å². The summed E-state index contributed by atoms with van der Waals surface area (Å²) in [5.41, 5.74) is 11.9. The van der Waals surface area contributed by atoms with Crippen LogP contribution in [-0.2, 0) is 25.7 Å². The fourth-order valence-corrected chi connectivity index (χ4v) is 7.74. The number of nitriles is 2. The molecule has 3 aromatic heterocycles. The Hall–Kier alpha value is -4.54. The van der Waals surface area contributed by atoms with E-state index in [9.17, 15) is 10.5 Å². The van der Waals surface area contributed by atoms with Gasteiger partial charge in [-0.1, -0.05) is 18.2 Å². The van der Waals surface area contributed by atoms with Crippen molar-refractivity contribution in [3.8, 4) is 12.1 Å². The number of hydrogen-bond acceptors (Lipinski definition) is 3. The van der Waals surface area contributed by atoms with Gasteiger partial charge in [0.2, 0.25) is 0 Å². The molecule has 9 rings (SSSR count). The molecule has 0 amide bonds. The van der Waals surface area contributed by atoms with Crippen LogP contribution in [-0.4, -0.2) is 4.40 Å². The molecule has 4 heteroatoms. The van der Waals surface area contributed by atoms with E-state index in [-0.39, 0.29) is 0 Å². The van der Waals surface area contributed by atoms with E-state index in [4.69, 9.17) is 4.42 Å². The molecular weight excluding hydrogens is 454 g/mol. The molecule has 4 nitrogen and oxygen atoms in total. The van der Waals surface area contributed by atoms with Gasteiger partial charge in [-0.05, 0) is 91.5 Å². The standard InChI is InChI=1S/C33H21N3O/c34-15-17-12-25-29(21-7-2-1-6-19(17)21)24-14-28-31(23-8-3-4-11-27(23)37-28)32-30-22-10-5-9-20(22)18(16-35)13-26(30)36(25)33(24)32/h3-4,8,11-14H,1-2,5-7,9-10H2. The molecule has 3 heterocycles. The number of furan rings is 1. The summed E-state index contributed by atoms with van der Waals surface area (Å²) in [5, 5.41) is 27.5. The van der Waals surface area contributed by atoms with Gasteiger partial charge < -0.3 is 8.82 Å². The molecule has 0 N–H and O–H groups in total. The van der Waals surface area contributed by atoms with Crippen LogP contribution in [0.15, 0.2) is 46.9 Å². The summed E-state index contributed by atoms with van der Waals surface area (Å²) in [6.45, 7) is 0. The van der Waals surface area contributed by atoms with E-state index in [0.29, 0.717) is 0 Å². The summed E-state index contributed by atoms with van der Waals surface area (Å²) in [6.07, 6.45) is 7.25. The smallest absolute Gasteiger partial charge is 0.136 e. The molecule has 2 aliphatic carbocycles. The monoisotopic (exact) mass is 475 g/mol. The van der Waals surface area contributed by atoms with Gasteiger partial charge in [0, 0.05) is 32.3 Å². The first-order valence-electron chi connectivity index (χ1n) is 13.2. The molecule has 0 fully saturated rings. The van der Waals surface area contributed by atoms with Gasteiger partial charge in [-0.25, -0.2) is 0 Å². The summed E-state index contributed by atoms with van der Waals surface area (Å²) in [4.78, 5) is 0. The Kier molecular flexibility index (Phi) is 3.51. The highest BCUT2D eigenvalue weighted by Crippen LogP contribution is 2.50. The molecule has 174 valence electrons. The number of para-hydroxylation sites is 1. The summed E-state index contributed by atoms with van der Waals surface area (Å²) in [5.74, 6) is 0. The summed E-state index contributed by atoms with van der Waals surface area (Å²) < 4.78 is 8.87. The van der Waals surface area contributed by atoms with Crippen LogP contribution in [0.25, 0.3) is 60.0 Å². The van der Waals surface area contributed by atoms with Gasteiger partial charge in [-0.2, -0.15) is 10.5 Å². The van der Waals surface area contributed by atoms with Crippen molar-refractivity contribution in [2.75, 3.05) is 0 Å². The number of nitrogens with zero attached hydrogens (tertiary/aromatic N) is 3. The maximum atomic E-state index is 10.1. The second kappa shape index (κ2) is 6.61. The predicted molar refractivity (Wildman–Crippen MR) is 146 cm³/mol. The Morgan fingerprint density at radius 1 is 0.622 bits per heavy atom. The van der Waals surface area contributed by atoms with E-state index in [2.05, 4.69) is 52.9 Å². The molecule has 0 aliphatic heterocycles. The number of fused-ring (bicyclic) bond motifs is 14. The molecule has 0 unspecified atom stereocenters. The van der Waals surface area contributed by atoms with Gasteiger partial charge in [0.15, 0.2) is 0 Å². The molecule has 0 spiro atoms. The molecular formula is C33H21N3O. The summed E-state index contributed by atoms with van der Waals surface area (Å²) in [7, 11) is 0. The zero-order valence-electron chi connectivity index (χ0n) is 20.2. The van der Waals surface area contributed by atoms with Gasteiger partial charge in [-0.15, -0.1) is 0 Å². The van der Waals surface area contributed by atoms with Crippen molar-refractivity contribution >= 4 is 60.0 Å². The van der Waals surface area contributed by atoms with Crippen LogP contribution in [0.1, 0.15) is 52.6 Å². The van der Waals surface area contributed by atoms with Crippen molar-refractivity contribution < 1.29 is 4.42 Å². The number of aromatic nitrogens is 1. The largest absolute Gasteiger partial charge is 0.456 e. The molecule has 37 heavy (non-hydrogen) atoms. The van der Waals surface area contributed by atoms with Crippen LogP contribution < -0.4 is 0 Å². The molecule has 2 aliphatic rings. The third-order valence-electron chi connectivity index (χ3n) is 9.12. The van der Waals surface area contributed by atoms with E-state index >= 15 is 0 Å². The third kappa shape index (κ3) is 2.20. The van der Waals surface area contributed by atoms with Crippen molar-refractivity contribution in [2.45, 2.75) is 44.9 Å². The lowest BCUT2D eigenvalue weighted by molar-refractivity contribution is 0.669. The van der Waals surface area contributed by atoms with Crippen LogP contribution in [0.5, 0.6) is 0 Å². The maximum Gasteiger partial charge on any atom is 0.136 e. The number of rotatable bonds is 0. The zero-order valence-corrected chi connectivity index (χ0v) is 20.2. The van der Waals surface area contributed by atoms with Gasteiger partial charge in [-0.3, -0.25) is 0 Å². The Morgan fingerprint density at radius 3 is 2.05 bits per heavy atom. The zero-order chi connectivity index (χ0) is 24.4. The fraction of sp³-hybridized carbons (Fsp3) is 0.212. The van der Waals surface area contributed by atoms with Gasteiger partial charge in [0.25, 0.3) is 0 Å². The highest BCUT2D eigenvalue weighted by molar-refractivity contribution is 6.35. The minimum Gasteiger partial charge on any atom is -0.456 e. The Balaban J connectivity index is 1.66. The topological polar surface area (TPSA) is 65.1 Å². The second-order valence-corrected chi connectivity index (χ2v) is 10.8. The maximum absolute atomic E-state index is 10.1. The van der Waals surface area contributed by atoms with Crippen LogP contribution in [0.4, 0.5) is 0 Å². The van der Waals surface area contributed by atoms with E-state index < -0.39 is 0 Å².